The second-order valence-corrected chi connectivity index (χ2v) is 15.5. The number of nitrogens with zero attached hydrogens (tertiary/aromatic N) is 4. The van der Waals surface area contributed by atoms with Crippen LogP contribution in [0, 0.1) is 0 Å². The topological polar surface area (TPSA) is 271 Å². The smallest absolute Gasteiger partial charge is 0.298 e. The summed E-state index contributed by atoms with van der Waals surface area (Å²) in [6.45, 7) is 0. The number of phenolic OH excluding ortho intramolecular Hbond substituents is 1. The van der Waals surface area contributed by atoms with Gasteiger partial charge in [-0.3, -0.25) is 13.7 Å². The summed E-state index contributed by atoms with van der Waals surface area (Å²) in [5.41, 5.74) is 0.354. The molecule has 5 N–H and O–H groups in total. The van der Waals surface area contributed by atoms with Gasteiger partial charge in [-0.15, -0.1) is 19.7 Å². The van der Waals surface area contributed by atoms with Crippen LogP contribution in [-0.4, -0.2) is 49.3 Å². The predicted octanol–water partition coefficient (Wildman–Crippen LogP) is 7.85. The molecule has 0 aromatic heterocycles. The van der Waals surface area contributed by atoms with Gasteiger partial charge >= 0.3 is 0 Å². The lowest BCUT2D eigenvalue weighted by atomic mass is 10.1. The zero-order chi connectivity index (χ0) is 36.7. The number of aromatic hydroxyl groups is 1. The molecule has 6 rings (SSSR count). The number of benzene rings is 6. The van der Waals surface area contributed by atoms with Gasteiger partial charge in [0, 0.05) is 26.4 Å². The van der Waals surface area contributed by atoms with E-state index in [0.29, 0.717) is 33.9 Å². The number of rotatable bonds is 10. The molecule has 0 saturated heterocycles. The largest absolute Gasteiger partial charge is 0.504 e. The Labute approximate surface area is 291 Å². The van der Waals surface area contributed by atoms with Crippen molar-refractivity contribution in [3.8, 4) is 5.75 Å². The monoisotopic (exact) mass is 772 g/mol. The zero-order valence-corrected chi connectivity index (χ0v) is 28.4. The Morgan fingerprint density at radius 2 is 1.22 bits per heavy atom. The molecular weight excluding hydrogens is 753 g/mol. The fraction of sp³-hybridized carbons (Fsp3) is 0. The Morgan fingerprint density at radius 3 is 1.82 bits per heavy atom. The normalized spacial score (nSPS) is 12.9. The lowest BCUT2D eigenvalue weighted by Gasteiger charge is -2.10. The molecule has 0 heterocycles. The molecule has 21 heteroatoms. The Hall–Kier alpha value is -4.94. The van der Waals surface area contributed by atoms with E-state index in [1.807, 2.05) is 0 Å². The second kappa shape index (κ2) is 13.6. The highest BCUT2D eigenvalue weighted by Gasteiger charge is 2.23. The van der Waals surface area contributed by atoms with Crippen molar-refractivity contribution in [3.63, 3.8) is 0 Å². The predicted molar refractivity (Wildman–Crippen MR) is 182 cm³/mol. The van der Waals surface area contributed by atoms with Crippen molar-refractivity contribution >= 4 is 97.5 Å². The molecule has 0 unspecified atom stereocenters. The highest BCUT2D eigenvalue weighted by atomic mass is 32.2. The number of phenols is 1. The Kier molecular flexibility index (Phi) is 9.60. The van der Waals surface area contributed by atoms with Crippen LogP contribution in [0.3, 0.4) is 0 Å². The zero-order valence-electron chi connectivity index (χ0n) is 25.1. The van der Waals surface area contributed by atoms with Gasteiger partial charge in [0.25, 0.3) is 30.4 Å². The summed E-state index contributed by atoms with van der Waals surface area (Å²) in [7, 11) is -14.4. The van der Waals surface area contributed by atoms with Crippen molar-refractivity contribution in [1.29, 1.82) is 0 Å². The number of azo groups is 2. The van der Waals surface area contributed by atoms with Gasteiger partial charge in [0.1, 0.15) is 15.5 Å². The summed E-state index contributed by atoms with van der Waals surface area (Å²) in [6, 6.07) is 20.8. The summed E-state index contributed by atoms with van der Waals surface area (Å²) >= 11 is 0.506. The number of hydrogen-bond donors (Lipinski definition) is 5. The standard InChI is InChI=1S/C30H20N4O13S4/c35-30-28(51(43,44)45)13-17-12-20(49(37,38)39)7-8-21(17)29(30)34-33-26-10-9-25(22-3-1-2-4-23(22)26)32-31-18-6-5-16-11-19(48-47-46-36)15-27(24(16)14-18)50(40,41)42/h1-15,35-36H,(H,37,38,39)(H,40,41,42)(H,43,44,45). The van der Waals surface area contributed by atoms with Crippen molar-refractivity contribution in [1.82, 2.24) is 0 Å². The van der Waals surface area contributed by atoms with E-state index in [2.05, 4.69) is 29.8 Å². The lowest BCUT2D eigenvalue weighted by molar-refractivity contribution is -0.432. The minimum atomic E-state index is -5.02. The van der Waals surface area contributed by atoms with E-state index < -0.39 is 56.5 Å². The van der Waals surface area contributed by atoms with Crippen LogP contribution in [0.25, 0.3) is 32.3 Å². The number of fused-ring (bicyclic) bond motifs is 3. The van der Waals surface area contributed by atoms with E-state index in [4.69, 9.17) is 5.26 Å². The third-order valence-electron chi connectivity index (χ3n) is 7.32. The van der Waals surface area contributed by atoms with Gasteiger partial charge in [0.2, 0.25) is 0 Å². The van der Waals surface area contributed by atoms with E-state index in [1.54, 1.807) is 30.3 Å². The fourth-order valence-corrected chi connectivity index (χ4v) is 7.50. The third kappa shape index (κ3) is 7.57. The molecule has 0 atom stereocenters. The van der Waals surface area contributed by atoms with E-state index >= 15 is 0 Å². The first kappa shape index (κ1) is 35.9. The van der Waals surface area contributed by atoms with E-state index in [-0.39, 0.29) is 32.4 Å². The first-order chi connectivity index (χ1) is 24.0. The minimum Gasteiger partial charge on any atom is -0.504 e. The van der Waals surface area contributed by atoms with Crippen LogP contribution >= 0.6 is 12.0 Å². The van der Waals surface area contributed by atoms with Gasteiger partial charge in [-0.05, 0) is 65.4 Å². The average Bonchev–Trinajstić information content (AvgIpc) is 3.07. The highest BCUT2D eigenvalue weighted by Crippen LogP contribution is 2.43. The molecular formula is C30H20N4O13S4. The van der Waals surface area contributed by atoms with E-state index in [0.717, 1.165) is 24.3 Å². The quantitative estimate of drug-likeness (QED) is 0.0292. The summed E-state index contributed by atoms with van der Waals surface area (Å²) in [6.07, 6.45) is 0. The molecule has 51 heavy (non-hydrogen) atoms. The van der Waals surface area contributed by atoms with Crippen LogP contribution in [0.4, 0.5) is 22.7 Å². The second-order valence-electron chi connectivity index (χ2n) is 10.5. The van der Waals surface area contributed by atoms with Crippen molar-refractivity contribution in [2.75, 3.05) is 0 Å². The van der Waals surface area contributed by atoms with Crippen LogP contribution in [0.1, 0.15) is 0 Å². The molecule has 262 valence electrons. The van der Waals surface area contributed by atoms with Crippen LogP contribution < -0.4 is 0 Å². The van der Waals surface area contributed by atoms with Crippen molar-refractivity contribution in [2.24, 2.45) is 20.5 Å². The highest BCUT2D eigenvalue weighted by molar-refractivity contribution is 7.94. The molecule has 0 spiro atoms. The molecule has 0 fully saturated rings. The van der Waals surface area contributed by atoms with Gasteiger partial charge < -0.3 is 5.11 Å². The first-order valence-electron chi connectivity index (χ1n) is 13.8. The molecule has 0 radical (unpaired) electrons. The molecule has 0 bridgehead atoms. The minimum absolute atomic E-state index is 0.0424. The van der Waals surface area contributed by atoms with E-state index in [1.165, 1.54) is 36.4 Å². The number of hydrogen-bond acceptors (Lipinski definition) is 15. The Morgan fingerprint density at radius 1 is 0.569 bits per heavy atom. The summed E-state index contributed by atoms with van der Waals surface area (Å²) in [5, 5.41) is 41.0. The van der Waals surface area contributed by atoms with Crippen LogP contribution in [0.2, 0.25) is 0 Å². The summed E-state index contributed by atoms with van der Waals surface area (Å²) in [4.78, 5) is -1.81. The maximum atomic E-state index is 12.2. The molecule has 0 aliphatic carbocycles. The maximum Gasteiger partial charge on any atom is 0.298 e. The van der Waals surface area contributed by atoms with Gasteiger partial charge in [-0.2, -0.15) is 30.4 Å². The van der Waals surface area contributed by atoms with Crippen molar-refractivity contribution < 1.29 is 58.6 Å². The maximum absolute atomic E-state index is 12.2. The van der Waals surface area contributed by atoms with Crippen molar-refractivity contribution in [3.05, 3.63) is 91.0 Å². The summed E-state index contributed by atoms with van der Waals surface area (Å²) < 4.78 is 105. The molecule has 0 aliphatic heterocycles. The summed E-state index contributed by atoms with van der Waals surface area (Å²) in [5.74, 6) is -0.960. The van der Waals surface area contributed by atoms with Gasteiger partial charge in [0.05, 0.1) is 34.0 Å². The SMILES string of the molecule is O=S(=O)(O)c1ccc2c(N=Nc3ccc(N=Nc4ccc5cc(SOOO)cc(S(=O)(=O)O)c5c4)c4ccccc34)c(O)c(S(=O)(=O)O)cc2c1. The van der Waals surface area contributed by atoms with Crippen LogP contribution in [0.15, 0.2) is 131 Å². The Balaban J connectivity index is 1.41. The lowest BCUT2D eigenvalue weighted by Crippen LogP contribution is -2.00. The molecule has 0 saturated carbocycles. The average molecular weight is 773 g/mol. The molecule has 6 aromatic carbocycles. The van der Waals surface area contributed by atoms with Gasteiger partial charge in [-0.1, -0.05) is 41.4 Å². The van der Waals surface area contributed by atoms with Crippen molar-refractivity contribution in [2.45, 2.75) is 19.6 Å². The third-order valence-corrected chi connectivity index (χ3v) is 10.5. The van der Waals surface area contributed by atoms with Crippen LogP contribution in [-0.2, 0) is 39.7 Å². The molecule has 0 aliphatic rings. The molecule has 6 aromatic rings. The van der Waals surface area contributed by atoms with E-state index in [9.17, 15) is 44.0 Å². The van der Waals surface area contributed by atoms with Crippen LogP contribution in [0.5, 0.6) is 5.75 Å². The Bertz CT molecular complexity index is 2790. The fourth-order valence-electron chi connectivity index (χ4n) is 5.11. The first-order valence-corrected chi connectivity index (χ1v) is 18.9. The van der Waals surface area contributed by atoms with Gasteiger partial charge in [-0.25, -0.2) is 5.26 Å². The molecule has 0 amide bonds. The van der Waals surface area contributed by atoms with Gasteiger partial charge in [0.15, 0.2) is 5.75 Å². The molecule has 17 nitrogen and oxygen atoms in total.